The van der Waals surface area contributed by atoms with Crippen molar-refractivity contribution in [2.24, 2.45) is 0 Å². The maximum atomic E-state index is 11.1. The third-order valence-corrected chi connectivity index (χ3v) is 2.80. The molecule has 80 valence electrons. The second-order valence-electron chi connectivity index (χ2n) is 4.02. The molecule has 0 aliphatic carbocycles. The lowest BCUT2D eigenvalue weighted by Gasteiger charge is -2.25. The van der Waals surface area contributed by atoms with Gasteiger partial charge in [0, 0.05) is 5.56 Å². The average molecular weight is 206 g/mol. The summed E-state index contributed by atoms with van der Waals surface area (Å²) in [6.07, 6.45) is 0.562. The molecule has 0 aromatic heterocycles. The van der Waals surface area contributed by atoms with E-state index in [4.69, 9.17) is 9.84 Å². The van der Waals surface area contributed by atoms with E-state index in [-0.39, 0.29) is 0 Å². The predicted octanol–water partition coefficient (Wildman–Crippen LogP) is 2.25. The van der Waals surface area contributed by atoms with Gasteiger partial charge in [-0.1, -0.05) is 6.07 Å². The molecule has 15 heavy (non-hydrogen) atoms. The molecule has 0 spiro atoms. The summed E-state index contributed by atoms with van der Waals surface area (Å²) >= 11 is 0. The summed E-state index contributed by atoms with van der Waals surface area (Å²) in [5, 5.41) is 9.12. The van der Waals surface area contributed by atoms with Gasteiger partial charge in [0.05, 0.1) is 12.5 Å². The maximum absolute atomic E-state index is 11.1. The van der Waals surface area contributed by atoms with E-state index in [1.807, 2.05) is 26.0 Å². The SMILES string of the molecule is Cc1cc(C)c2c(c1)OCCC2C(=O)O. The molecule has 0 radical (unpaired) electrons. The Hall–Kier alpha value is -1.51. The van der Waals surface area contributed by atoms with Gasteiger partial charge in [-0.25, -0.2) is 0 Å². The molecule has 3 nitrogen and oxygen atoms in total. The summed E-state index contributed by atoms with van der Waals surface area (Å²) < 4.78 is 5.50. The average Bonchev–Trinajstić information content (AvgIpc) is 2.16. The van der Waals surface area contributed by atoms with Crippen LogP contribution in [0.1, 0.15) is 29.0 Å². The van der Waals surface area contributed by atoms with Crippen LogP contribution in [0.4, 0.5) is 0 Å². The van der Waals surface area contributed by atoms with E-state index in [0.717, 1.165) is 22.4 Å². The summed E-state index contributed by atoms with van der Waals surface area (Å²) in [6, 6.07) is 3.92. The van der Waals surface area contributed by atoms with Crippen molar-refractivity contribution in [1.29, 1.82) is 0 Å². The second-order valence-corrected chi connectivity index (χ2v) is 4.02. The van der Waals surface area contributed by atoms with Gasteiger partial charge < -0.3 is 9.84 Å². The van der Waals surface area contributed by atoms with Crippen molar-refractivity contribution < 1.29 is 14.6 Å². The summed E-state index contributed by atoms with van der Waals surface area (Å²) in [6.45, 7) is 4.42. The standard InChI is InChI=1S/C12H14O3/c1-7-5-8(2)11-9(12(13)14)3-4-15-10(11)6-7/h5-6,9H,3-4H2,1-2H3,(H,13,14). The normalized spacial score (nSPS) is 19.2. The molecule has 2 rings (SSSR count). The minimum atomic E-state index is -0.758. The Morgan fingerprint density at radius 3 is 2.87 bits per heavy atom. The van der Waals surface area contributed by atoms with Gasteiger partial charge in [0.15, 0.2) is 0 Å². The van der Waals surface area contributed by atoms with Crippen LogP contribution in [0, 0.1) is 13.8 Å². The third kappa shape index (κ3) is 1.69. The Labute approximate surface area is 88.7 Å². The molecule has 1 heterocycles. The molecule has 1 aliphatic heterocycles. The molecule has 0 saturated heterocycles. The quantitative estimate of drug-likeness (QED) is 0.766. The first-order chi connectivity index (χ1) is 7.09. The first-order valence-electron chi connectivity index (χ1n) is 5.06. The molecule has 1 unspecified atom stereocenters. The summed E-state index contributed by atoms with van der Waals surface area (Å²) in [7, 11) is 0. The van der Waals surface area contributed by atoms with Crippen LogP contribution < -0.4 is 4.74 Å². The fourth-order valence-electron chi connectivity index (χ4n) is 2.18. The van der Waals surface area contributed by atoms with E-state index in [2.05, 4.69) is 0 Å². The highest BCUT2D eigenvalue weighted by Gasteiger charge is 2.28. The smallest absolute Gasteiger partial charge is 0.311 e. The van der Waals surface area contributed by atoms with Crippen LogP contribution in [0.5, 0.6) is 5.75 Å². The second kappa shape index (κ2) is 3.57. The number of aryl methyl sites for hydroxylation is 2. The van der Waals surface area contributed by atoms with Crippen molar-refractivity contribution in [1.82, 2.24) is 0 Å². The van der Waals surface area contributed by atoms with Crippen LogP contribution >= 0.6 is 0 Å². The van der Waals surface area contributed by atoms with Crippen molar-refractivity contribution in [2.45, 2.75) is 26.2 Å². The summed E-state index contributed by atoms with van der Waals surface area (Å²) in [5.74, 6) is -0.424. The highest BCUT2D eigenvalue weighted by atomic mass is 16.5. The number of rotatable bonds is 1. The Morgan fingerprint density at radius 1 is 1.47 bits per heavy atom. The van der Waals surface area contributed by atoms with Crippen LogP contribution in [-0.2, 0) is 4.79 Å². The van der Waals surface area contributed by atoms with Crippen LogP contribution in [-0.4, -0.2) is 17.7 Å². The molecule has 1 N–H and O–H groups in total. The zero-order valence-corrected chi connectivity index (χ0v) is 8.91. The lowest BCUT2D eigenvalue weighted by Crippen LogP contribution is -2.22. The number of hydrogen-bond acceptors (Lipinski definition) is 2. The number of carboxylic acid groups (broad SMARTS) is 1. The molecule has 0 bridgehead atoms. The van der Waals surface area contributed by atoms with E-state index in [9.17, 15) is 4.79 Å². The topological polar surface area (TPSA) is 46.5 Å². The van der Waals surface area contributed by atoms with Gasteiger partial charge in [0.25, 0.3) is 0 Å². The fourth-order valence-corrected chi connectivity index (χ4v) is 2.18. The van der Waals surface area contributed by atoms with E-state index in [1.165, 1.54) is 0 Å². The number of hydrogen-bond donors (Lipinski definition) is 1. The highest BCUT2D eigenvalue weighted by Crippen LogP contribution is 2.36. The molecule has 1 atom stereocenters. The molecule has 0 fully saturated rings. The van der Waals surface area contributed by atoms with E-state index in [0.29, 0.717) is 13.0 Å². The minimum absolute atomic E-state index is 0.408. The van der Waals surface area contributed by atoms with Gasteiger partial charge in [0.2, 0.25) is 0 Å². The first-order valence-corrected chi connectivity index (χ1v) is 5.06. The van der Waals surface area contributed by atoms with Crippen LogP contribution in [0.15, 0.2) is 12.1 Å². The van der Waals surface area contributed by atoms with E-state index in [1.54, 1.807) is 0 Å². The molecular weight excluding hydrogens is 192 g/mol. The number of ether oxygens (including phenoxy) is 1. The molecule has 1 aromatic rings. The van der Waals surface area contributed by atoms with Crippen LogP contribution in [0.25, 0.3) is 0 Å². The Bertz CT molecular complexity index is 410. The van der Waals surface area contributed by atoms with Crippen molar-refractivity contribution in [3.63, 3.8) is 0 Å². The van der Waals surface area contributed by atoms with Gasteiger partial charge in [-0.3, -0.25) is 4.79 Å². The number of carbonyl (C=O) groups is 1. The number of carboxylic acids is 1. The number of aliphatic carboxylic acids is 1. The highest BCUT2D eigenvalue weighted by molar-refractivity contribution is 5.78. The maximum Gasteiger partial charge on any atom is 0.311 e. The van der Waals surface area contributed by atoms with Crippen molar-refractivity contribution in [3.05, 3.63) is 28.8 Å². The minimum Gasteiger partial charge on any atom is -0.493 e. The largest absolute Gasteiger partial charge is 0.493 e. The Balaban J connectivity index is 2.55. The van der Waals surface area contributed by atoms with Crippen molar-refractivity contribution in [2.75, 3.05) is 6.61 Å². The first kappa shape index (κ1) is 10.0. The Morgan fingerprint density at radius 2 is 2.20 bits per heavy atom. The number of benzene rings is 1. The zero-order chi connectivity index (χ0) is 11.0. The Kier molecular flexibility index (Phi) is 2.39. The monoisotopic (exact) mass is 206 g/mol. The third-order valence-electron chi connectivity index (χ3n) is 2.80. The summed E-state index contributed by atoms with van der Waals surface area (Å²) in [5.41, 5.74) is 2.97. The number of fused-ring (bicyclic) bond motifs is 1. The lowest BCUT2D eigenvalue weighted by atomic mass is 9.89. The molecule has 0 saturated carbocycles. The zero-order valence-electron chi connectivity index (χ0n) is 8.91. The molecule has 1 aliphatic rings. The van der Waals surface area contributed by atoms with E-state index < -0.39 is 11.9 Å². The van der Waals surface area contributed by atoms with E-state index >= 15 is 0 Å². The van der Waals surface area contributed by atoms with Crippen molar-refractivity contribution in [3.8, 4) is 5.75 Å². The van der Waals surface area contributed by atoms with Gasteiger partial charge in [-0.15, -0.1) is 0 Å². The molecule has 3 heteroatoms. The van der Waals surface area contributed by atoms with Gasteiger partial charge in [-0.2, -0.15) is 0 Å². The molecular formula is C12H14O3. The van der Waals surface area contributed by atoms with Gasteiger partial charge in [0.1, 0.15) is 5.75 Å². The van der Waals surface area contributed by atoms with Crippen LogP contribution in [0.3, 0.4) is 0 Å². The van der Waals surface area contributed by atoms with Gasteiger partial charge >= 0.3 is 5.97 Å². The molecule has 0 amide bonds. The van der Waals surface area contributed by atoms with Crippen LogP contribution in [0.2, 0.25) is 0 Å². The lowest BCUT2D eigenvalue weighted by molar-refractivity contribution is -0.139. The predicted molar refractivity (Wildman–Crippen MR) is 56.4 cm³/mol. The van der Waals surface area contributed by atoms with Gasteiger partial charge in [-0.05, 0) is 37.5 Å². The summed E-state index contributed by atoms with van der Waals surface area (Å²) in [4.78, 5) is 11.1. The fraction of sp³-hybridized carbons (Fsp3) is 0.417. The molecule has 1 aromatic carbocycles. The van der Waals surface area contributed by atoms with Crippen molar-refractivity contribution >= 4 is 5.97 Å².